The van der Waals surface area contributed by atoms with Gasteiger partial charge in [-0.3, -0.25) is 4.68 Å². The summed E-state index contributed by atoms with van der Waals surface area (Å²) in [4.78, 5) is 0. The van der Waals surface area contributed by atoms with Crippen molar-refractivity contribution in [2.24, 2.45) is 12.5 Å². The van der Waals surface area contributed by atoms with Crippen LogP contribution < -0.4 is 5.32 Å². The second-order valence-corrected chi connectivity index (χ2v) is 6.40. The van der Waals surface area contributed by atoms with Crippen LogP contribution in [0, 0.1) is 12.3 Å². The molecule has 0 amide bonds. The third-order valence-corrected chi connectivity index (χ3v) is 3.27. The molecule has 0 aliphatic heterocycles. The second-order valence-electron chi connectivity index (χ2n) is 6.02. The molecule has 0 aliphatic carbocycles. The molecule has 0 fully saturated rings. The molecule has 18 heavy (non-hydrogen) atoms. The Kier molecular flexibility index (Phi) is 5.20. The van der Waals surface area contributed by atoms with Gasteiger partial charge in [0, 0.05) is 20.1 Å². The summed E-state index contributed by atoms with van der Waals surface area (Å²) in [6.07, 6.45) is 0.441. The Hall–Kier alpha value is -0.580. The van der Waals surface area contributed by atoms with E-state index in [-0.39, 0.29) is 11.5 Å². The van der Waals surface area contributed by atoms with E-state index >= 15 is 0 Å². The highest BCUT2D eigenvalue weighted by Crippen LogP contribution is 2.21. The maximum Gasteiger partial charge on any atom is 0.0860 e. The number of aliphatic hydroxyl groups is 1. The zero-order valence-electron chi connectivity index (χ0n) is 11.9. The van der Waals surface area contributed by atoms with Gasteiger partial charge in [0.15, 0.2) is 0 Å². The summed E-state index contributed by atoms with van der Waals surface area (Å²) >= 11 is 6.15. The van der Waals surface area contributed by atoms with Gasteiger partial charge >= 0.3 is 0 Å². The van der Waals surface area contributed by atoms with E-state index in [1.54, 1.807) is 4.68 Å². The molecular weight excluding hydrogens is 250 g/mol. The zero-order valence-corrected chi connectivity index (χ0v) is 12.7. The van der Waals surface area contributed by atoms with Crippen molar-refractivity contribution in [2.75, 3.05) is 6.54 Å². The smallest absolute Gasteiger partial charge is 0.0860 e. The molecule has 0 radical (unpaired) electrons. The van der Waals surface area contributed by atoms with E-state index in [0.717, 1.165) is 17.8 Å². The third kappa shape index (κ3) is 4.59. The molecule has 1 atom stereocenters. The van der Waals surface area contributed by atoms with E-state index < -0.39 is 0 Å². The fourth-order valence-electron chi connectivity index (χ4n) is 2.01. The number of hydrogen-bond acceptors (Lipinski definition) is 3. The molecule has 0 spiro atoms. The summed E-state index contributed by atoms with van der Waals surface area (Å²) < 4.78 is 1.78. The fourth-order valence-corrected chi connectivity index (χ4v) is 2.24. The molecule has 0 bridgehead atoms. The third-order valence-electron chi connectivity index (χ3n) is 2.78. The van der Waals surface area contributed by atoms with Crippen molar-refractivity contribution in [2.45, 2.75) is 46.8 Å². The Morgan fingerprint density at radius 2 is 2.06 bits per heavy atom. The van der Waals surface area contributed by atoms with Gasteiger partial charge in [-0.1, -0.05) is 32.4 Å². The van der Waals surface area contributed by atoms with Gasteiger partial charge in [0.1, 0.15) is 0 Å². The van der Waals surface area contributed by atoms with Gasteiger partial charge in [0.25, 0.3) is 0 Å². The van der Waals surface area contributed by atoms with E-state index in [1.165, 1.54) is 0 Å². The molecule has 2 N–H and O–H groups in total. The van der Waals surface area contributed by atoms with Gasteiger partial charge in [0.2, 0.25) is 0 Å². The predicted molar refractivity (Wildman–Crippen MR) is 74.7 cm³/mol. The molecular formula is C13H24ClN3O. The van der Waals surface area contributed by atoms with Gasteiger partial charge in [-0.25, -0.2) is 0 Å². The van der Waals surface area contributed by atoms with Gasteiger partial charge < -0.3 is 10.4 Å². The first-order valence-corrected chi connectivity index (χ1v) is 6.65. The van der Waals surface area contributed by atoms with Crippen LogP contribution in [0.15, 0.2) is 0 Å². The highest BCUT2D eigenvalue weighted by atomic mass is 35.5. The minimum absolute atomic E-state index is 0.141. The van der Waals surface area contributed by atoms with Crippen LogP contribution in [0.2, 0.25) is 5.02 Å². The van der Waals surface area contributed by atoms with Crippen LogP contribution >= 0.6 is 11.6 Å². The lowest BCUT2D eigenvalue weighted by Crippen LogP contribution is -2.30. The lowest BCUT2D eigenvalue weighted by atomic mass is 9.89. The largest absolute Gasteiger partial charge is 0.392 e. The van der Waals surface area contributed by atoms with E-state index in [2.05, 4.69) is 31.2 Å². The number of aromatic nitrogens is 2. The molecule has 1 heterocycles. The first-order chi connectivity index (χ1) is 8.20. The number of aryl methyl sites for hydroxylation is 2. The molecule has 104 valence electrons. The summed E-state index contributed by atoms with van der Waals surface area (Å²) in [5, 5.41) is 18.1. The molecule has 1 aromatic heterocycles. The van der Waals surface area contributed by atoms with Gasteiger partial charge in [-0.15, -0.1) is 0 Å². The lowest BCUT2D eigenvalue weighted by Gasteiger charge is -2.22. The van der Waals surface area contributed by atoms with Crippen LogP contribution in [0.4, 0.5) is 0 Å². The van der Waals surface area contributed by atoms with E-state index in [0.29, 0.717) is 18.1 Å². The number of aliphatic hydroxyl groups excluding tert-OH is 1. The Balaban J connectivity index is 2.42. The summed E-state index contributed by atoms with van der Waals surface area (Å²) in [7, 11) is 1.88. The monoisotopic (exact) mass is 273 g/mol. The predicted octanol–water partition coefficient (Wildman–Crippen LogP) is 2.27. The highest BCUT2D eigenvalue weighted by molar-refractivity contribution is 6.31. The van der Waals surface area contributed by atoms with E-state index in [4.69, 9.17) is 11.6 Å². The summed E-state index contributed by atoms with van der Waals surface area (Å²) in [6.45, 7) is 9.45. The average molecular weight is 274 g/mol. The fraction of sp³-hybridized carbons (Fsp3) is 0.769. The Morgan fingerprint density at radius 3 is 2.50 bits per heavy atom. The number of nitrogens with zero attached hydrogens (tertiary/aromatic N) is 2. The highest BCUT2D eigenvalue weighted by Gasteiger charge is 2.17. The molecule has 5 heteroatoms. The maximum absolute atomic E-state index is 9.89. The van der Waals surface area contributed by atoms with Crippen molar-refractivity contribution in [3.63, 3.8) is 0 Å². The van der Waals surface area contributed by atoms with Crippen molar-refractivity contribution in [3.8, 4) is 0 Å². The Bertz CT molecular complexity index is 396. The first kappa shape index (κ1) is 15.5. The summed E-state index contributed by atoms with van der Waals surface area (Å²) in [6, 6.07) is 0. The number of rotatable bonds is 5. The average Bonchev–Trinajstić information content (AvgIpc) is 2.41. The second kappa shape index (κ2) is 6.04. The molecule has 0 aromatic carbocycles. The minimum atomic E-state index is -0.335. The van der Waals surface area contributed by atoms with Crippen molar-refractivity contribution in [1.29, 1.82) is 0 Å². The van der Waals surface area contributed by atoms with E-state index in [1.807, 2.05) is 14.0 Å². The zero-order chi connectivity index (χ0) is 13.9. The van der Waals surface area contributed by atoms with Crippen LogP contribution in [-0.2, 0) is 13.6 Å². The van der Waals surface area contributed by atoms with Gasteiger partial charge in [-0.05, 0) is 18.8 Å². The SMILES string of the molecule is Cc1nn(C)c(CNCC(O)CC(C)(C)C)c1Cl. The van der Waals surface area contributed by atoms with Crippen LogP contribution in [-0.4, -0.2) is 27.5 Å². The van der Waals surface area contributed by atoms with Crippen LogP contribution in [0.3, 0.4) is 0 Å². The molecule has 4 nitrogen and oxygen atoms in total. The number of nitrogens with one attached hydrogen (secondary N) is 1. The normalized spacial score (nSPS) is 13.9. The van der Waals surface area contributed by atoms with Gasteiger partial charge in [0.05, 0.1) is 22.5 Å². The van der Waals surface area contributed by atoms with Crippen molar-refractivity contribution in [1.82, 2.24) is 15.1 Å². The molecule has 1 rings (SSSR count). The Morgan fingerprint density at radius 1 is 1.44 bits per heavy atom. The first-order valence-electron chi connectivity index (χ1n) is 6.27. The molecule has 1 unspecified atom stereocenters. The van der Waals surface area contributed by atoms with Crippen LogP contribution in [0.5, 0.6) is 0 Å². The summed E-state index contributed by atoms with van der Waals surface area (Å²) in [5.74, 6) is 0. The lowest BCUT2D eigenvalue weighted by molar-refractivity contribution is 0.119. The molecule has 1 aromatic rings. The van der Waals surface area contributed by atoms with E-state index in [9.17, 15) is 5.11 Å². The van der Waals surface area contributed by atoms with Crippen molar-refractivity contribution in [3.05, 3.63) is 16.4 Å². The molecule has 0 aliphatic rings. The number of hydrogen-bond donors (Lipinski definition) is 2. The van der Waals surface area contributed by atoms with Crippen molar-refractivity contribution >= 4 is 11.6 Å². The maximum atomic E-state index is 9.89. The summed E-state index contributed by atoms with van der Waals surface area (Å²) in [5.41, 5.74) is 1.94. The Labute approximate surface area is 114 Å². The van der Waals surface area contributed by atoms with Crippen LogP contribution in [0.25, 0.3) is 0 Å². The number of halogens is 1. The topological polar surface area (TPSA) is 50.1 Å². The standard InChI is InChI=1S/C13H24ClN3O/c1-9-12(14)11(17(5)16-9)8-15-7-10(18)6-13(2,3)4/h10,15,18H,6-8H2,1-5H3. The van der Waals surface area contributed by atoms with Gasteiger partial charge in [-0.2, -0.15) is 5.10 Å². The quantitative estimate of drug-likeness (QED) is 0.865. The van der Waals surface area contributed by atoms with Crippen molar-refractivity contribution < 1.29 is 5.11 Å². The van der Waals surface area contributed by atoms with Crippen LogP contribution in [0.1, 0.15) is 38.6 Å². The molecule has 0 saturated heterocycles. The minimum Gasteiger partial charge on any atom is -0.392 e. The molecule has 0 saturated carbocycles.